The van der Waals surface area contributed by atoms with E-state index in [4.69, 9.17) is 0 Å². The van der Waals surface area contributed by atoms with E-state index in [0.29, 0.717) is 17.7 Å². The number of halogens is 1. The van der Waals surface area contributed by atoms with E-state index in [-0.39, 0.29) is 35.8 Å². The van der Waals surface area contributed by atoms with Gasteiger partial charge in [0, 0.05) is 24.7 Å². The predicted molar refractivity (Wildman–Crippen MR) is 110 cm³/mol. The lowest BCUT2D eigenvalue weighted by atomic mass is 10.1. The number of amides is 1. The van der Waals surface area contributed by atoms with Crippen LogP contribution in [-0.4, -0.2) is 34.0 Å². The maximum absolute atomic E-state index is 12.7. The normalized spacial score (nSPS) is 12.1. The van der Waals surface area contributed by atoms with Gasteiger partial charge in [-0.25, -0.2) is 13.1 Å². The number of benzene rings is 2. The van der Waals surface area contributed by atoms with E-state index in [9.17, 15) is 13.2 Å². The second-order valence-corrected chi connectivity index (χ2v) is 7.93. The van der Waals surface area contributed by atoms with Crippen LogP contribution in [0.15, 0.2) is 53.4 Å². The van der Waals surface area contributed by atoms with Crippen molar-refractivity contribution in [2.45, 2.75) is 31.3 Å². The lowest BCUT2D eigenvalue weighted by molar-refractivity contribution is 0.0950. The highest BCUT2D eigenvalue weighted by atomic mass is 35.5. The summed E-state index contributed by atoms with van der Waals surface area (Å²) in [6, 6.07) is 14.1. The third-order valence-corrected chi connectivity index (χ3v) is 5.65. The molecule has 2 rings (SSSR count). The summed E-state index contributed by atoms with van der Waals surface area (Å²) in [5.41, 5.74) is 1.77. The Morgan fingerprint density at radius 1 is 1.11 bits per heavy atom. The second-order valence-electron chi connectivity index (χ2n) is 6.19. The first-order valence-electron chi connectivity index (χ1n) is 8.43. The summed E-state index contributed by atoms with van der Waals surface area (Å²) in [5, 5.41) is 5.82. The van der Waals surface area contributed by atoms with Crippen LogP contribution < -0.4 is 15.4 Å². The summed E-state index contributed by atoms with van der Waals surface area (Å²) in [6.07, 6.45) is 0. The van der Waals surface area contributed by atoms with Crippen LogP contribution in [0.4, 0.5) is 0 Å². The van der Waals surface area contributed by atoms with Crippen LogP contribution in [0.25, 0.3) is 0 Å². The lowest BCUT2D eigenvalue weighted by Crippen LogP contribution is -2.37. The monoisotopic (exact) mass is 411 g/mol. The minimum absolute atomic E-state index is 0. The Morgan fingerprint density at radius 2 is 1.78 bits per heavy atom. The van der Waals surface area contributed by atoms with Crippen molar-refractivity contribution in [3.8, 4) is 0 Å². The molecule has 0 radical (unpaired) electrons. The number of carbonyl (C=O) groups excluding carboxylic acids is 1. The molecule has 3 N–H and O–H groups in total. The first-order chi connectivity index (χ1) is 12.3. The fourth-order valence-corrected chi connectivity index (χ4v) is 3.62. The number of nitrogens with one attached hydrogen (secondary N) is 3. The Hall–Kier alpha value is -1.93. The zero-order chi connectivity index (χ0) is 19.2. The molecule has 1 amide bonds. The zero-order valence-electron chi connectivity index (χ0n) is 15.7. The molecule has 0 heterocycles. The second kappa shape index (κ2) is 10.4. The van der Waals surface area contributed by atoms with Crippen molar-refractivity contribution >= 4 is 28.3 Å². The number of hydrogen-bond donors (Lipinski definition) is 3. The third-order valence-electron chi connectivity index (χ3n) is 4.11. The number of aryl methyl sites for hydroxylation is 1. The molecule has 8 heteroatoms. The first-order valence-corrected chi connectivity index (χ1v) is 9.91. The minimum atomic E-state index is -3.72. The van der Waals surface area contributed by atoms with Gasteiger partial charge in [-0.1, -0.05) is 36.4 Å². The number of carbonyl (C=O) groups is 1. The predicted octanol–water partition coefficient (Wildman–Crippen LogP) is 2.23. The molecule has 2 aromatic rings. The molecule has 1 atom stereocenters. The van der Waals surface area contributed by atoms with Crippen molar-refractivity contribution in [1.29, 1.82) is 0 Å². The van der Waals surface area contributed by atoms with Crippen molar-refractivity contribution in [2.75, 3.05) is 13.6 Å². The van der Waals surface area contributed by atoms with Gasteiger partial charge >= 0.3 is 0 Å². The van der Waals surface area contributed by atoms with Crippen LogP contribution in [0.2, 0.25) is 0 Å². The van der Waals surface area contributed by atoms with Gasteiger partial charge in [0.2, 0.25) is 10.0 Å². The Balaban J connectivity index is 0.00000364. The molecule has 1 unspecified atom stereocenters. The number of likely N-dealkylation sites (N-methyl/N-ethyl adjacent to an activating group) is 1. The molecule has 0 bridgehead atoms. The van der Waals surface area contributed by atoms with Gasteiger partial charge in [-0.3, -0.25) is 4.79 Å². The maximum atomic E-state index is 12.7. The quantitative estimate of drug-likeness (QED) is 0.621. The summed E-state index contributed by atoms with van der Waals surface area (Å²) < 4.78 is 27.9. The highest BCUT2D eigenvalue weighted by molar-refractivity contribution is 7.89. The maximum Gasteiger partial charge on any atom is 0.251 e. The van der Waals surface area contributed by atoms with Gasteiger partial charge in [0.15, 0.2) is 0 Å². The van der Waals surface area contributed by atoms with E-state index in [0.717, 1.165) is 5.56 Å². The molecule has 0 aliphatic rings. The summed E-state index contributed by atoms with van der Waals surface area (Å²) in [7, 11) is -1.91. The molecule has 0 fully saturated rings. The van der Waals surface area contributed by atoms with Crippen LogP contribution in [0.3, 0.4) is 0 Å². The third kappa shape index (κ3) is 6.62. The number of rotatable bonds is 8. The van der Waals surface area contributed by atoms with Crippen molar-refractivity contribution in [3.05, 3.63) is 65.2 Å². The highest BCUT2D eigenvalue weighted by Gasteiger charge is 2.19. The van der Waals surface area contributed by atoms with Crippen molar-refractivity contribution in [1.82, 2.24) is 15.4 Å². The topological polar surface area (TPSA) is 87.3 Å². The Labute approximate surface area is 167 Å². The van der Waals surface area contributed by atoms with Gasteiger partial charge in [-0.2, -0.15) is 0 Å². The molecule has 0 saturated carbocycles. The zero-order valence-corrected chi connectivity index (χ0v) is 17.3. The molecule has 0 aromatic heterocycles. The minimum Gasteiger partial charge on any atom is -0.350 e. The van der Waals surface area contributed by atoms with Crippen molar-refractivity contribution in [3.63, 3.8) is 0 Å². The number of hydrogen-bond acceptors (Lipinski definition) is 4. The number of sulfonamides is 1. The van der Waals surface area contributed by atoms with Gasteiger partial charge in [0.05, 0.1) is 4.90 Å². The van der Waals surface area contributed by atoms with E-state index >= 15 is 0 Å². The fraction of sp³-hybridized carbons (Fsp3) is 0.316. The summed E-state index contributed by atoms with van der Waals surface area (Å²) in [4.78, 5) is 12.4. The van der Waals surface area contributed by atoms with E-state index < -0.39 is 10.0 Å². The van der Waals surface area contributed by atoms with Crippen LogP contribution in [0, 0.1) is 6.92 Å². The SMILES string of the molecule is CNC(C)CNC(=O)c1ccc(C)c(S(=O)(=O)NCc2ccccc2)c1.Cl. The molecule has 27 heavy (non-hydrogen) atoms. The summed E-state index contributed by atoms with van der Waals surface area (Å²) in [6.45, 7) is 4.30. The molecule has 0 saturated heterocycles. The van der Waals surface area contributed by atoms with Crippen LogP contribution in [0.5, 0.6) is 0 Å². The van der Waals surface area contributed by atoms with E-state index in [1.165, 1.54) is 6.07 Å². The van der Waals surface area contributed by atoms with E-state index in [2.05, 4.69) is 15.4 Å². The van der Waals surface area contributed by atoms with Crippen LogP contribution in [0.1, 0.15) is 28.4 Å². The molecule has 0 spiro atoms. The van der Waals surface area contributed by atoms with Gasteiger partial charge < -0.3 is 10.6 Å². The van der Waals surface area contributed by atoms with Crippen molar-refractivity contribution < 1.29 is 13.2 Å². The summed E-state index contributed by atoms with van der Waals surface area (Å²) >= 11 is 0. The molecule has 0 aliphatic carbocycles. The van der Waals surface area contributed by atoms with Gasteiger partial charge in [0.25, 0.3) is 5.91 Å². The summed E-state index contributed by atoms with van der Waals surface area (Å²) in [5.74, 6) is -0.299. The average Bonchev–Trinajstić information content (AvgIpc) is 2.65. The molecular formula is C19H26ClN3O3S. The standard InChI is InChI=1S/C19H25N3O3S.ClH/c1-14-9-10-17(19(23)21-12-15(2)20-3)11-18(14)26(24,25)22-13-16-7-5-4-6-8-16;/h4-11,15,20,22H,12-13H2,1-3H3,(H,21,23);1H. The van der Waals surface area contributed by atoms with Crippen LogP contribution in [-0.2, 0) is 16.6 Å². The highest BCUT2D eigenvalue weighted by Crippen LogP contribution is 2.17. The lowest BCUT2D eigenvalue weighted by Gasteiger charge is -2.13. The molecular weight excluding hydrogens is 386 g/mol. The Bertz CT molecular complexity index is 858. The Kier molecular flexibility index (Phi) is 8.92. The fourth-order valence-electron chi connectivity index (χ4n) is 2.33. The largest absolute Gasteiger partial charge is 0.350 e. The smallest absolute Gasteiger partial charge is 0.251 e. The average molecular weight is 412 g/mol. The molecule has 0 aliphatic heterocycles. The molecule has 2 aromatic carbocycles. The molecule has 6 nitrogen and oxygen atoms in total. The van der Waals surface area contributed by atoms with Gasteiger partial charge in [-0.15, -0.1) is 12.4 Å². The van der Waals surface area contributed by atoms with E-state index in [1.54, 1.807) is 19.1 Å². The van der Waals surface area contributed by atoms with Crippen molar-refractivity contribution in [2.24, 2.45) is 0 Å². The van der Waals surface area contributed by atoms with Crippen LogP contribution >= 0.6 is 12.4 Å². The Morgan fingerprint density at radius 3 is 2.41 bits per heavy atom. The molecule has 148 valence electrons. The van der Waals surface area contributed by atoms with E-state index in [1.807, 2.05) is 44.3 Å². The van der Waals surface area contributed by atoms with Gasteiger partial charge in [0.1, 0.15) is 0 Å². The van der Waals surface area contributed by atoms with Gasteiger partial charge in [-0.05, 0) is 44.2 Å². The first kappa shape index (κ1) is 23.1.